The van der Waals surface area contributed by atoms with Gasteiger partial charge in [-0.15, -0.1) is 0 Å². The molecule has 2 rings (SSSR count). The summed E-state index contributed by atoms with van der Waals surface area (Å²) < 4.78 is 6.07. The molecule has 1 saturated heterocycles. The number of ether oxygens (including phenoxy) is 1. The van der Waals surface area contributed by atoms with E-state index in [9.17, 15) is 0 Å². The standard InChI is InChI=1S/C15H29NO/c1-3-10-16-14(11-13-6-4-5-7-13)15-9-8-12(2)17-15/h12-16H,3-11H2,1-2H3. The Morgan fingerprint density at radius 2 is 1.94 bits per heavy atom. The Balaban J connectivity index is 1.83. The Labute approximate surface area is 107 Å². The van der Waals surface area contributed by atoms with Crippen LogP contribution in [0.25, 0.3) is 0 Å². The van der Waals surface area contributed by atoms with Gasteiger partial charge in [0.05, 0.1) is 12.2 Å². The molecule has 1 aliphatic carbocycles. The molecule has 0 spiro atoms. The molecule has 3 atom stereocenters. The molecule has 0 aromatic heterocycles. The van der Waals surface area contributed by atoms with Crippen molar-refractivity contribution in [3.8, 4) is 0 Å². The van der Waals surface area contributed by atoms with E-state index in [1.807, 2.05) is 0 Å². The van der Waals surface area contributed by atoms with Gasteiger partial charge in [0, 0.05) is 6.04 Å². The summed E-state index contributed by atoms with van der Waals surface area (Å²) in [7, 11) is 0. The van der Waals surface area contributed by atoms with Crippen molar-refractivity contribution >= 4 is 0 Å². The highest BCUT2D eigenvalue weighted by Gasteiger charge is 2.31. The average Bonchev–Trinajstić information content (AvgIpc) is 2.95. The summed E-state index contributed by atoms with van der Waals surface area (Å²) in [6.45, 7) is 5.61. The molecule has 2 nitrogen and oxygen atoms in total. The van der Waals surface area contributed by atoms with Gasteiger partial charge < -0.3 is 10.1 Å². The van der Waals surface area contributed by atoms with Gasteiger partial charge in [-0.25, -0.2) is 0 Å². The maximum atomic E-state index is 6.07. The van der Waals surface area contributed by atoms with Crippen molar-refractivity contribution in [3.05, 3.63) is 0 Å². The fraction of sp³-hybridized carbons (Fsp3) is 1.00. The fourth-order valence-corrected chi connectivity index (χ4v) is 3.43. The Bertz CT molecular complexity index is 213. The summed E-state index contributed by atoms with van der Waals surface area (Å²) in [4.78, 5) is 0. The third-order valence-electron chi connectivity index (χ3n) is 4.43. The summed E-state index contributed by atoms with van der Waals surface area (Å²) in [6, 6.07) is 0.614. The zero-order valence-electron chi connectivity index (χ0n) is 11.6. The van der Waals surface area contributed by atoms with Crippen LogP contribution in [0.4, 0.5) is 0 Å². The van der Waals surface area contributed by atoms with Crippen LogP contribution in [0.15, 0.2) is 0 Å². The lowest BCUT2D eigenvalue weighted by atomic mass is 9.93. The molecular formula is C15H29NO. The van der Waals surface area contributed by atoms with Crippen molar-refractivity contribution < 1.29 is 4.74 Å². The molecule has 0 amide bonds. The molecular weight excluding hydrogens is 210 g/mol. The second kappa shape index (κ2) is 6.75. The lowest BCUT2D eigenvalue weighted by Crippen LogP contribution is -2.41. The monoisotopic (exact) mass is 239 g/mol. The largest absolute Gasteiger partial charge is 0.374 e. The van der Waals surface area contributed by atoms with Crippen LogP contribution < -0.4 is 5.32 Å². The third-order valence-corrected chi connectivity index (χ3v) is 4.43. The van der Waals surface area contributed by atoms with E-state index in [0.29, 0.717) is 18.2 Å². The molecule has 1 aliphatic heterocycles. The minimum Gasteiger partial charge on any atom is -0.374 e. The van der Waals surface area contributed by atoms with Gasteiger partial charge in [0.15, 0.2) is 0 Å². The van der Waals surface area contributed by atoms with E-state index in [2.05, 4.69) is 19.2 Å². The zero-order valence-corrected chi connectivity index (χ0v) is 11.6. The SMILES string of the molecule is CCCNC(CC1CCCC1)C1CCC(C)O1. The van der Waals surface area contributed by atoms with Crippen LogP contribution in [0.3, 0.4) is 0 Å². The van der Waals surface area contributed by atoms with Gasteiger partial charge in [-0.3, -0.25) is 0 Å². The van der Waals surface area contributed by atoms with E-state index in [1.165, 1.54) is 51.4 Å². The molecule has 0 radical (unpaired) electrons. The number of hydrogen-bond donors (Lipinski definition) is 1. The normalized spacial score (nSPS) is 32.1. The molecule has 1 heterocycles. The second-order valence-corrected chi connectivity index (χ2v) is 6.01. The molecule has 17 heavy (non-hydrogen) atoms. The van der Waals surface area contributed by atoms with E-state index in [1.54, 1.807) is 0 Å². The first kappa shape index (κ1) is 13.4. The molecule has 100 valence electrons. The smallest absolute Gasteiger partial charge is 0.0732 e. The van der Waals surface area contributed by atoms with Crippen LogP contribution >= 0.6 is 0 Å². The molecule has 2 aliphatic rings. The third kappa shape index (κ3) is 3.96. The van der Waals surface area contributed by atoms with Gasteiger partial charge in [0.2, 0.25) is 0 Å². The highest BCUT2D eigenvalue weighted by Crippen LogP contribution is 2.32. The molecule has 0 bridgehead atoms. The fourth-order valence-electron chi connectivity index (χ4n) is 3.43. The molecule has 1 saturated carbocycles. The van der Waals surface area contributed by atoms with Crippen molar-refractivity contribution in [3.63, 3.8) is 0 Å². The summed E-state index contributed by atoms with van der Waals surface area (Å²) in [6.07, 6.45) is 11.8. The molecule has 0 aromatic carbocycles. The Morgan fingerprint density at radius 1 is 1.18 bits per heavy atom. The summed E-state index contributed by atoms with van der Waals surface area (Å²) in [5.74, 6) is 0.962. The summed E-state index contributed by atoms with van der Waals surface area (Å²) in [5.41, 5.74) is 0. The van der Waals surface area contributed by atoms with E-state index in [4.69, 9.17) is 4.74 Å². The summed E-state index contributed by atoms with van der Waals surface area (Å²) in [5, 5.41) is 3.73. The maximum Gasteiger partial charge on any atom is 0.0732 e. The number of hydrogen-bond acceptors (Lipinski definition) is 2. The van der Waals surface area contributed by atoms with Crippen molar-refractivity contribution in [1.82, 2.24) is 5.32 Å². The van der Waals surface area contributed by atoms with Gasteiger partial charge in [-0.1, -0.05) is 32.6 Å². The van der Waals surface area contributed by atoms with Gasteiger partial charge in [-0.2, -0.15) is 0 Å². The maximum absolute atomic E-state index is 6.07. The average molecular weight is 239 g/mol. The van der Waals surface area contributed by atoms with E-state index >= 15 is 0 Å². The van der Waals surface area contributed by atoms with Crippen LogP contribution in [0.2, 0.25) is 0 Å². The minimum absolute atomic E-state index is 0.481. The minimum atomic E-state index is 0.481. The van der Waals surface area contributed by atoms with Crippen molar-refractivity contribution in [1.29, 1.82) is 0 Å². The van der Waals surface area contributed by atoms with Crippen molar-refractivity contribution in [2.45, 2.75) is 83.5 Å². The lowest BCUT2D eigenvalue weighted by Gasteiger charge is -2.27. The van der Waals surface area contributed by atoms with Gasteiger partial charge in [-0.05, 0) is 45.1 Å². The van der Waals surface area contributed by atoms with Crippen LogP contribution in [0.1, 0.15) is 65.2 Å². The van der Waals surface area contributed by atoms with Crippen LogP contribution in [-0.4, -0.2) is 24.8 Å². The molecule has 1 N–H and O–H groups in total. The lowest BCUT2D eigenvalue weighted by molar-refractivity contribution is 0.0264. The zero-order chi connectivity index (χ0) is 12.1. The van der Waals surface area contributed by atoms with E-state index < -0.39 is 0 Å². The predicted octanol–water partition coefficient (Wildman–Crippen LogP) is 3.50. The van der Waals surface area contributed by atoms with Crippen LogP contribution in [0, 0.1) is 5.92 Å². The molecule has 3 unspecified atom stereocenters. The Hall–Kier alpha value is -0.0800. The van der Waals surface area contributed by atoms with Gasteiger partial charge in [0.1, 0.15) is 0 Å². The van der Waals surface area contributed by atoms with Crippen molar-refractivity contribution in [2.24, 2.45) is 5.92 Å². The molecule has 2 heteroatoms. The number of nitrogens with one attached hydrogen (secondary N) is 1. The highest BCUT2D eigenvalue weighted by atomic mass is 16.5. The number of rotatable bonds is 6. The topological polar surface area (TPSA) is 21.3 Å². The first-order valence-electron chi connectivity index (χ1n) is 7.68. The Kier molecular flexibility index (Phi) is 5.30. The van der Waals surface area contributed by atoms with Crippen molar-refractivity contribution in [2.75, 3.05) is 6.54 Å². The molecule has 2 fully saturated rings. The van der Waals surface area contributed by atoms with Gasteiger partial charge in [0.25, 0.3) is 0 Å². The predicted molar refractivity (Wildman–Crippen MR) is 72.2 cm³/mol. The second-order valence-electron chi connectivity index (χ2n) is 6.01. The molecule has 0 aromatic rings. The first-order chi connectivity index (χ1) is 8.29. The van der Waals surface area contributed by atoms with Gasteiger partial charge >= 0.3 is 0 Å². The quantitative estimate of drug-likeness (QED) is 0.766. The van der Waals surface area contributed by atoms with E-state index in [-0.39, 0.29) is 0 Å². The van der Waals surface area contributed by atoms with E-state index in [0.717, 1.165) is 12.5 Å². The summed E-state index contributed by atoms with van der Waals surface area (Å²) >= 11 is 0. The first-order valence-corrected chi connectivity index (χ1v) is 7.68. The Morgan fingerprint density at radius 3 is 2.53 bits per heavy atom. The van der Waals surface area contributed by atoms with Crippen LogP contribution in [-0.2, 0) is 4.74 Å². The van der Waals surface area contributed by atoms with Crippen LogP contribution in [0.5, 0.6) is 0 Å². The highest BCUT2D eigenvalue weighted by molar-refractivity contribution is 4.85.